The first kappa shape index (κ1) is 26.4. The summed E-state index contributed by atoms with van der Waals surface area (Å²) in [6, 6.07) is 25.8. The van der Waals surface area contributed by atoms with Crippen LogP contribution in [0.1, 0.15) is 31.1 Å². The predicted octanol–water partition coefficient (Wildman–Crippen LogP) is 5.89. The molecule has 4 aromatic rings. The van der Waals surface area contributed by atoms with Gasteiger partial charge in [-0.05, 0) is 80.1 Å². The van der Waals surface area contributed by atoms with Crippen LogP contribution in [0.3, 0.4) is 0 Å². The van der Waals surface area contributed by atoms with E-state index in [1.54, 1.807) is 41.2 Å². The van der Waals surface area contributed by atoms with Crippen LogP contribution in [0.2, 0.25) is 5.02 Å². The van der Waals surface area contributed by atoms with Gasteiger partial charge in [-0.15, -0.1) is 0 Å². The molecule has 39 heavy (non-hydrogen) atoms. The standard InChI is InChI=1S/C31H30ClN3O4/c1-21(2)34(30(37)20-39-25-16-12-23(32)13-17-25)19-29(36)35-27-8-5-4-7-26(27)33-18-6-9-28(33)31(35)22-10-14-24(38-3)15-11-22/h4-18,21,31H,19-20H2,1-3H3. The molecule has 0 fully saturated rings. The molecule has 200 valence electrons. The van der Waals surface area contributed by atoms with Crippen molar-refractivity contribution in [1.82, 2.24) is 9.47 Å². The first-order valence-electron chi connectivity index (χ1n) is 12.8. The molecule has 2 amide bonds. The fourth-order valence-corrected chi connectivity index (χ4v) is 5.03. The van der Waals surface area contributed by atoms with Crippen molar-refractivity contribution in [3.05, 3.63) is 107 Å². The van der Waals surface area contributed by atoms with E-state index in [2.05, 4.69) is 4.57 Å². The summed E-state index contributed by atoms with van der Waals surface area (Å²) in [5.74, 6) is 0.806. The van der Waals surface area contributed by atoms with Gasteiger partial charge < -0.3 is 18.9 Å². The van der Waals surface area contributed by atoms with Crippen molar-refractivity contribution < 1.29 is 19.1 Å². The number of carbonyl (C=O) groups excluding carboxylic acids is 2. The fourth-order valence-electron chi connectivity index (χ4n) is 4.90. The smallest absolute Gasteiger partial charge is 0.261 e. The predicted molar refractivity (Wildman–Crippen MR) is 152 cm³/mol. The molecule has 1 unspecified atom stereocenters. The number of nitrogens with zero attached hydrogens (tertiary/aromatic N) is 3. The van der Waals surface area contributed by atoms with Gasteiger partial charge in [-0.1, -0.05) is 35.9 Å². The molecule has 5 rings (SSSR count). The highest BCUT2D eigenvalue weighted by Gasteiger charge is 2.37. The summed E-state index contributed by atoms with van der Waals surface area (Å²) in [7, 11) is 1.63. The number of benzene rings is 3. The first-order valence-corrected chi connectivity index (χ1v) is 13.2. The summed E-state index contributed by atoms with van der Waals surface area (Å²) in [6.45, 7) is 3.50. The number of rotatable bonds is 8. The van der Waals surface area contributed by atoms with Crippen LogP contribution >= 0.6 is 11.6 Å². The number of para-hydroxylation sites is 2. The quantitative estimate of drug-likeness (QED) is 0.278. The number of ether oxygens (including phenoxy) is 2. The van der Waals surface area contributed by atoms with Crippen LogP contribution in [0.4, 0.5) is 5.69 Å². The number of hydrogen-bond acceptors (Lipinski definition) is 4. The van der Waals surface area contributed by atoms with Crippen LogP contribution in [0.25, 0.3) is 5.69 Å². The maximum Gasteiger partial charge on any atom is 0.261 e. The van der Waals surface area contributed by atoms with E-state index in [-0.39, 0.29) is 37.0 Å². The van der Waals surface area contributed by atoms with E-state index in [1.165, 1.54) is 0 Å². The van der Waals surface area contributed by atoms with E-state index in [4.69, 9.17) is 21.1 Å². The molecule has 0 saturated carbocycles. The van der Waals surface area contributed by atoms with Gasteiger partial charge in [0.15, 0.2) is 6.61 Å². The summed E-state index contributed by atoms with van der Waals surface area (Å²) in [6.07, 6.45) is 2.00. The summed E-state index contributed by atoms with van der Waals surface area (Å²) in [4.78, 5) is 30.8. The van der Waals surface area contributed by atoms with E-state index >= 15 is 0 Å². The molecule has 1 aliphatic heterocycles. The Morgan fingerprint density at radius 3 is 2.23 bits per heavy atom. The van der Waals surface area contributed by atoms with Crippen molar-refractivity contribution in [3.63, 3.8) is 0 Å². The molecule has 3 aromatic carbocycles. The molecule has 1 aromatic heterocycles. The average molecular weight is 544 g/mol. The first-order chi connectivity index (χ1) is 18.9. The van der Waals surface area contributed by atoms with Gasteiger partial charge in [0.25, 0.3) is 5.91 Å². The Balaban J connectivity index is 1.46. The number of halogens is 1. The lowest BCUT2D eigenvalue weighted by Crippen LogP contribution is -2.49. The van der Waals surface area contributed by atoms with Crippen molar-refractivity contribution in [3.8, 4) is 17.2 Å². The van der Waals surface area contributed by atoms with Gasteiger partial charge in [0.05, 0.1) is 24.2 Å². The number of hydrogen-bond donors (Lipinski definition) is 0. The number of amides is 2. The fraction of sp³-hybridized carbons (Fsp3) is 0.226. The Bertz CT molecular complexity index is 1460. The Morgan fingerprint density at radius 1 is 0.897 bits per heavy atom. The minimum atomic E-state index is -0.386. The molecule has 2 heterocycles. The Morgan fingerprint density at radius 2 is 1.56 bits per heavy atom. The van der Waals surface area contributed by atoms with Crippen LogP contribution < -0.4 is 14.4 Å². The van der Waals surface area contributed by atoms with Gasteiger partial charge in [0.2, 0.25) is 5.91 Å². The zero-order valence-corrected chi connectivity index (χ0v) is 22.8. The number of aromatic nitrogens is 1. The van der Waals surface area contributed by atoms with Crippen LogP contribution in [0.5, 0.6) is 11.5 Å². The zero-order chi connectivity index (χ0) is 27.5. The van der Waals surface area contributed by atoms with E-state index in [1.807, 2.05) is 80.7 Å². The van der Waals surface area contributed by atoms with Crippen LogP contribution in [0, 0.1) is 0 Å². The molecule has 0 saturated heterocycles. The van der Waals surface area contributed by atoms with Crippen molar-refractivity contribution in [2.45, 2.75) is 25.9 Å². The molecule has 0 aliphatic carbocycles. The third-order valence-corrected chi connectivity index (χ3v) is 7.10. The van der Waals surface area contributed by atoms with E-state index < -0.39 is 0 Å². The van der Waals surface area contributed by atoms with Crippen molar-refractivity contribution in [2.24, 2.45) is 0 Å². The second-order valence-electron chi connectivity index (χ2n) is 9.59. The van der Waals surface area contributed by atoms with Crippen molar-refractivity contribution in [2.75, 3.05) is 25.2 Å². The maximum atomic E-state index is 14.2. The van der Waals surface area contributed by atoms with Gasteiger partial charge in [0.1, 0.15) is 24.1 Å². The second kappa shape index (κ2) is 11.3. The van der Waals surface area contributed by atoms with Crippen molar-refractivity contribution in [1.29, 1.82) is 0 Å². The minimum absolute atomic E-state index is 0.0951. The molecular formula is C31H30ClN3O4. The summed E-state index contributed by atoms with van der Waals surface area (Å²) in [5.41, 5.74) is 3.58. The molecule has 1 atom stereocenters. The number of anilines is 1. The van der Waals surface area contributed by atoms with Crippen LogP contribution in [0.15, 0.2) is 91.1 Å². The maximum absolute atomic E-state index is 14.2. The highest BCUT2D eigenvalue weighted by molar-refractivity contribution is 6.30. The third kappa shape index (κ3) is 5.36. The highest BCUT2D eigenvalue weighted by Crippen LogP contribution is 2.42. The third-order valence-electron chi connectivity index (χ3n) is 6.84. The Kier molecular flexibility index (Phi) is 7.61. The van der Waals surface area contributed by atoms with Gasteiger partial charge in [0, 0.05) is 17.3 Å². The highest BCUT2D eigenvalue weighted by atomic mass is 35.5. The lowest BCUT2D eigenvalue weighted by atomic mass is 9.97. The average Bonchev–Trinajstić information content (AvgIpc) is 3.44. The Hall–Kier alpha value is -4.23. The molecule has 0 spiro atoms. The zero-order valence-electron chi connectivity index (χ0n) is 22.1. The molecule has 1 aliphatic rings. The van der Waals surface area contributed by atoms with Gasteiger partial charge in [-0.25, -0.2) is 0 Å². The SMILES string of the molecule is COc1ccc(C2c3cccn3-c3ccccc3N2C(=O)CN(C(=O)COc2ccc(Cl)cc2)C(C)C)cc1. The van der Waals surface area contributed by atoms with Gasteiger partial charge in [-0.3, -0.25) is 14.5 Å². The summed E-state index contributed by atoms with van der Waals surface area (Å²) in [5, 5.41) is 0.586. The number of fused-ring (bicyclic) bond motifs is 3. The molecular weight excluding hydrogens is 514 g/mol. The lowest BCUT2D eigenvalue weighted by molar-refractivity contribution is -0.138. The monoisotopic (exact) mass is 543 g/mol. The van der Waals surface area contributed by atoms with Gasteiger partial charge >= 0.3 is 0 Å². The Labute approximate surface area is 233 Å². The molecule has 0 N–H and O–H groups in total. The molecule has 8 heteroatoms. The molecule has 0 radical (unpaired) electrons. The number of carbonyl (C=O) groups is 2. The largest absolute Gasteiger partial charge is 0.497 e. The molecule has 0 bridgehead atoms. The topological polar surface area (TPSA) is 64.0 Å². The van der Waals surface area contributed by atoms with E-state index in [0.717, 1.165) is 28.4 Å². The van der Waals surface area contributed by atoms with Crippen LogP contribution in [-0.2, 0) is 9.59 Å². The van der Waals surface area contributed by atoms with Crippen molar-refractivity contribution >= 4 is 29.1 Å². The number of methoxy groups -OCH3 is 1. The summed E-state index contributed by atoms with van der Waals surface area (Å²) >= 11 is 5.95. The van der Waals surface area contributed by atoms with Crippen LogP contribution in [-0.4, -0.2) is 47.6 Å². The second-order valence-corrected chi connectivity index (χ2v) is 10.0. The van der Waals surface area contributed by atoms with E-state index in [9.17, 15) is 9.59 Å². The molecule has 7 nitrogen and oxygen atoms in total. The minimum Gasteiger partial charge on any atom is -0.497 e. The lowest BCUT2D eigenvalue weighted by Gasteiger charge is -2.40. The summed E-state index contributed by atoms with van der Waals surface area (Å²) < 4.78 is 13.2. The van der Waals surface area contributed by atoms with Gasteiger partial charge in [-0.2, -0.15) is 0 Å². The normalized spacial score (nSPS) is 14.0. The van der Waals surface area contributed by atoms with E-state index in [0.29, 0.717) is 10.8 Å².